The van der Waals surface area contributed by atoms with Crippen molar-refractivity contribution in [3.05, 3.63) is 89.2 Å². The predicted octanol–water partition coefficient (Wildman–Crippen LogP) is 5.51. The van der Waals surface area contributed by atoms with Crippen LogP contribution in [0, 0.1) is 5.82 Å². The highest BCUT2D eigenvalue weighted by Gasteiger charge is 2.27. The second kappa shape index (κ2) is 13.5. The van der Waals surface area contributed by atoms with E-state index in [1.54, 1.807) is 23.9 Å². The van der Waals surface area contributed by atoms with Crippen molar-refractivity contribution in [1.29, 1.82) is 0 Å². The molecule has 0 bridgehead atoms. The lowest BCUT2D eigenvalue weighted by atomic mass is 10.2. The van der Waals surface area contributed by atoms with Gasteiger partial charge in [-0.1, -0.05) is 23.7 Å². The maximum Gasteiger partial charge on any atom is 0.264 e. The second-order valence-electron chi connectivity index (χ2n) is 7.78. The smallest absolute Gasteiger partial charge is 0.264 e. The number of ether oxygens (including phenoxy) is 1. The van der Waals surface area contributed by atoms with Gasteiger partial charge in [0.1, 0.15) is 18.1 Å². The Kier molecular flexibility index (Phi) is 10.5. The highest BCUT2D eigenvalue weighted by atomic mass is 35.5. The molecule has 3 aromatic rings. The quantitative estimate of drug-likeness (QED) is 0.284. The summed E-state index contributed by atoms with van der Waals surface area (Å²) in [5.41, 5.74) is 1.36. The maximum absolute atomic E-state index is 13.5. The third-order valence-electron chi connectivity index (χ3n) is 5.09. The summed E-state index contributed by atoms with van der Waals surface area (Å²) in [6.07, 6.45) is 0.728. The van der Waals surface area contributed by atoms with Crippen LogP contribution in [0.2, 0.25) is 5.02 Å². The Morgan fingerprint density at radius 1 is 1.03 bits per heavy atom. The molecular weight excluding hydrogens is 523 g/mol. The number of hydrogen-bond acceptors (Lipinski definition) is 5. The largest absolute Gasteiger partial charge is 0.494 e. The lowest BCUT2D eigenvalue weighted by molar-refractivity contribution is -0.119. The van der Waals surface area contributed by atoms with Crippen molar-refractivity contribution in [1.82, 2.24) is 5.32 Å². The molecule has 3 rings (SSSR count). The fourth-order valence-corrected chi connectivity index (χ4v) is 5.75. The van der Waals surface area contributed by atoms with Crippen molar-refractivity contribution in [3.8, 4) is 5.75 Å². The molecule has 6 nitrogen and oxygen atoms in total. The Labute approximate surface area is 220 Å². The third-order valence-corrected chi connectivity index (χ3v) is 8.25. The fraction of sp³-hybridized carbons (Fsp3) is 0.269. The Morgan fingerprint density at radius 3 is 2.33 bits per heavy atom. The van der Waals surface area contributed by atoms with Gasteiger partial charge in [0, 0.05) is 17.3 Å². The molecule has 10 heteroatoms. The van der Waals surface area contributed by atoms with Crippen molar-refractivity contribution >= 4 is 45.0 Å². The number of nitrogens with one attached hydrogen (secondary N) is 1. The summed E-state index contributed by atoms with van der Waals surface area (Å²) in [6, 6.07) is 18.6. The number of rotatable bonds is 13. The lowest BCUT2D eigenvalue weighted by Crippen LogP contribution is -2.41. The molecule has 0 spiro atoms. The van der Waals surface area contributed by atoms with E-state index in [1.807, 2.05) is 31.2 Å². The van der Waals surface area contributed by atoms with Gasteiger partial charge >= 0.3 is 0 Å². The lowest BCUT2D eigenvalue weighted by Gasteiger charge is -2.24. The molecule has 0 atom stereocenters. The average Bonchev–Trinajstić information content (AvgIpc) is 2.87. The predicted molar refractivity (Wildman–Crippen MR) is 144 cm³/mol. The van der Waals surface area contributed by atoms with Gasteiger partial charge in [0.15, 0.2) is 0 Å². The zero-order valence-corrected chi connectivity index (χ0v) is 22.2. The molecule has 0 aliphatic rings. The van der Waals surface area contributed by atoms with E-state index in [9.17, 15) is 17.6 Å². The number of anilines is 1. The van der Waals surface area contributed by atoms with E-state index in [2.05, 4.69) is 5.32 Å². The minimum atomic E-state index is -4.09. The van der Waals surface area contributed by atoms with Gasteiger partial charge in [-0.05, 0) is 85.3 Å². The molecule has 1 amide bonds. The third kappa shape index (κ3) is 8.15. The molecule has 0 aliphatic carbocycles. The van der Waals surface area contributed by atoms with Gasteiger partial charge in [-0.2, -0.15) is 11.8 Å². The van der Waals surface area contributed by atoms with Gasteiger partial charge in [-0.3, -0.25) is 9.10 Å². The summed E-state index contributed by atoms with van der Waals surface area (Å²) < 4.78 is 46.6. The van der Waals surface area contributed by atoms with Crippen LogP contribution in [-0.4, -0.2) is 39.8 Å². The average molecular weight is 551 g/mol. The first-order valence-corrected chi connectivity index (χ1v) is 14.4. The molecule has 0 unspecified atom stereocenters. The van der Waals surface area contributed by atoms with Crippen molar-refractivity contribution in [2.75, 3.05) is 29.8 Å². The van der Waals surface area contributed by atoms with Crippen molar-refractivity contribution < 1.29 is 22.3 Å². The Morgan fingerprint density at radius 2 is 1.69 bits per heavy atom. The molecule has 0 aromatic heterocycles. The van der Waals surface area contributed by atoms with Crippen LogP contribution in [0.3, 0.4) is 0 Å². The van der Waals surface area contributed by atoms with Gasteiger partial charge in [0.25, 0.3) is 10.0 Å². The molecule has 0 aliphatic heterocycles. The first-order chi connectivity index (χ1) is 17.3. The molecule has 0 radical (unpaired) electrons. The number of benzene rings is 3. The maximum atomic E-state index is 13.5. The van der Waals surface area contributed by atoms with Crippen LogP contribution in [0.4, 0.5) is 10.1 Å². The first kappa shape index (κ1) is 27.8. The number of amides is 1. The van der Waals surface area contributed by atoms with Gasteiger partial charge in [-0.25, -0.2) is 12.8 Å². The van der Waals surface area contributed by atoms with Crippen LogP contribution < -0.4 is 14.4 Å². The fourth-order valence-electron chi connectivity index (χ4n) is 3.28. The summed E-state index contributed by atoms with van der Waals surface area (Å²) in [7, 11) is -4.09. The zero-order chi connectivity index (χ0) is 26.0. The van der Waals surface area contributed by atoms with Gasteiger partial charge in [0.05, 0.1) is 17.2 Å². The van der Waals surface area contributed by atoms with Crippen LogP contribution >= 0.6 is 23.4 Å². The number of carbonyl (C=O) groups excluding carboxylic acids is 1. The summed E-state index contributed by atoms with van der Waals surface area (Å²) in [4.78, 5) is 12.7. The number of hydrogen-bond donors (Lipinski definition) is 1. The molecule has 0 saturated heterocycles. The van der Waals surface area contributed by atoms with Gasteiger partial charge < -0.3 is 10.1 Å². The van der Waals surface area contributed by atoms with Crippen molar-refractivity contribution in [3.63, 3.8) is 0 Å². The SMILES string of the molecule is CCOc1ccc(S(=O)(=O)N(CC(=O)NCCCSCc2ccc(Cl)cc2)c2ccc(F)cc2)cc1. The normalized spacial score (nSPS) is 11.2. The summed E-state index contributed by atoms with van der Waals surface area (Å²) >= 11 is 7.63. The summed E-state index contributed by atoms with van der Waals surface area (Å²) in [6.45, 7) is 2.26. The van der Waals surface area contributed by atoms with Crippen LogP contribution in [0.5, 0.6) is 5.75 Å². The Balaban J connectivity index is 1.59. The van der Waals surface area contributed by atoms with Crippen LogP contribution in [0.15, 0.2) is 77.7 Å². The number of halogens is 2. The number of carbonyl (C=O) groups is 1. The minimum absolute atomic E-state index is 0.00155. The van der Waals surface area contributed by atoms with E-state index in [0.29, 0.717) is 23.9 Å². The molecule has 0 saturated carbocycles. The van der Waals surface area contributed by atoms with E-state index in [-0.39, 0.29) is 10.6 Å². The molecule has 3 aromatic carbocycles. The highest BCUT2D eigenvalue weighted by Crippen LogP contribution is 2.25. The van der Waals surface area contributed by atoms with Crippen LogP contribution in [0.1, 0.15) is 18.9 Å². The van der Waals surface area contributed by atoms with E-state index < -0.39 is 28.3 Å². The Bertz CT molecular complexity index is 1220. The van der Waals surface area contributed by atoms with E-state index in [4.69, 9.17) is 16.3 Å². The molecule has 192 valence electrons. The number of sulfonamides is 1. The van der Waals surface area contributed by atoms with Crippen LogP contribution in [0.25, 0.3) is 0 Å². The van der Waals surface area contributed by atoms with Gasteiger partial charge in [-0.15, -0.1) is 0 Å². The van der Waals surface area contributed by atoms with Crippen LogP contribution in [-0.2, 0) is 20.6 Å². The van der Waals surface area contributed by atoms with E-state index in [1.165, 1.54) is 29.8 Å². The van der Waals surface area contributed by atoms with Crippen molar-refractivity contribution in [2.45, 2.75) is 24.0 Å². The molecule has 0 fully saturated rings. The Hall–Kier alpha value is -2.75. The second-order valence-corrected chi connectivity index (χ2v) is 11.2. The topological polar surface area (TPSA) is 75.7 Å². The summed E-state index contributed by atoms with van der Waals surface area (Å²) in [5.74, 6) is 1.25. The molecule has 0 heterocycles. The summed E-state index contributed by atoms with van der Waals surface area (Å²) in [5, 5.41) is 3.48. The number of thioether (sulfide) groups is 1. The minimum Gasteiger partial charge on any atom is -0.494 e. The molecular formula is C26H28ClFN2O4S2. The van der Waals surface area contributed by atoms with E-state index in [0.717, 1.165) is 34.4 Å². The highest BCUT2D eigenvalue weighted by molar-refractivity contribution is 7.98. The monoisotopic (exact) mass is 550 g/mol. The standard InChI is InChI=1S/C26H28ClFN2O4S2/c1-2-34-24-12-14-25(15-13-24)36(32,33)30(23-10-8-22(28)9-11-23)18-26(31)29-16-3-17-35-19-20-4-6-21(27)7-5-20/h4-15H,2-3,16-19H2,1H3,(H,29,31). The molecule has 36 heavy (non-hydrogen) atoms. The van der Waals surface area contributed by atoms with E-state index >= 15 is 0 Å². The number of nitrogens with zero attached hydrogens (tertiary/aromatic N) is 1. The molecule has 1 N–H and O–H groups in total. The zero-order valence-electron chi connectivity index (χ0n) is 19.8. The van der Waals surface area contributed by atoms with Crippen molar-refractivity contribution in [2.24, 2.45) is 0 Å². The van der Waals surface area contributed by atoms with Gasteiger partial charge in [0.2, 0.25) is 5.91 Å². The first-order valence-electron chi connectivity index (χ1n) is 11.4.